The van der Waals surface area contributed by atoms with Gasteiger partial charge in [0.25, 0.3) is 5.91 Å². The van der Waals surface area contributed by atoms with Crippen LogP contribution >= 0.6 is 0 Å². The molecule has 1 N–H and O–H groups in total. The minimum Gasteiger partial charge on any atom is -0.309 e. The van der Waals surface area contributed by atoms with Crippen LogP contribution in [-0.4, -0.2) is 23.2 Å². The molecule has 0 aliphatic heterocycles. The van der Waals surface area contributed by atoms with E-state index in [0.29, 0.717) is 5.56 Å². The van der Waals surface area contributed by atoms with Gasteiger partial charge < -0.3 is 4.90 Å². The van der Waals surface area contributed by atoms with Crippen molar-refractivity contribution in [3.05, 3.63) is 47.8 Å². The molecule has 1 fully saturated rings. The van der Waals surface area contributed by atoms with Crippen molar-refractivity contribution in [2.24, 2.45) is 0 Å². The summed E-state index contributed by atoms with van der Waals surface area (Å²) in [7, 11) is 1.75. The Labute approximate surface area is 106 Å². The number of amides is 1. The maximum Gasteiger partial charge on any atom is 0.258 e. The highest BCUT2D eigenvalue weighted by Gasteiger charge is 2.23. The number of H-pyrrole nitrogens is 1. The van der Waals surface area contributed by atoms with E-state index in [1.807, 2.05) is 12.1 Å². The molecule has 1 aliphatic rings. The molecule has 2 aromatic rings. The number of nitrogens with zero attached hydrogens (tertiary/aromatic N) is 2. The van der Waals surface area contributed by atoms with Gasteiger partial charge in [-0.3, -0.25) is 9.89 Å². The van der Waals surface area contributed by atoms with Crippen LogP contribution in [0.15, 0.2) is 36.7 Å². The molecule has 1 saturated carbocycles. The Bertz CT molecular complexity index is 541. The van der Waals surface area contributed by atoms with Crippen LogP contribution in [0.25, 0.3) is 0 Å². The fourth-order valence-electron chi connectivity index (χ4n) is 2.05. The summed E-state index contributed by atoms with van der Waals surface area (Å²) in [6.45, 7) is 0. The molecule has 1 heterocycles. The van der Waals surface area contributed by atoms with Crippen LogP contribution < -0.4 is 4.90 Å². The molecular weight excluding hydrogens is 226 g/mol. The Morgan fingerprint density at radius 2 is 2.06 bits per heavy atom. The molecule has 0 unspecified atom stereocenters. The topological polar surface area (TPSA) is 49.0 Å². The lowest BCUT2D eigenvalue weighted by atomic mass is 10.1. The molecule has 0 atom stereocenters. The molecule has 18 heavy (non-hydrogen) atoms. The van der Waals surface area contributed by atoms with Crippen LogP contribution in [0, 0.1) is 0 Å². The van der Waals surface area contributed by atoms with Crippen molar-refractivity contribution in [3.8, 4) is 0 Å². The SMILES string of the molecule is CN(C(=O)c1ccc(C2CC2)cc1)c1cn[nH]c1. The van der Waals surface area contributed by atoms with E-state index in [1.165, 1.54) is 18.4 Å². The minimum atomic E-state index is -0.0150. The lowest BCUT2D eigenvalue weighted by Gasteiger charge is -2.14. The zero-order chi connectivity index (χ0) is 12.5. The Morgan fingerprint density at radius 1 is 1.33 bits per heavy atom. The van der Waals surface area contributed by atoms with Gasteiger partial charge in [0.1, 0.15) is 0 Å². The highest BCUT2D eigenvalue weighted by molar-refractivity contribution is 6.05. The van der Waals surface area contributed by atoms with Gasteiger partial charge >= 0.3 is 0 Å². The molecule has 0 radical (unpaired) electrons. The van der Waals surface area contributed by atoms with Gasteiger partial charge in [0.15, 0.2) is 0 Å². The summed E-state index contributed by atoms with van der Waals surface area (Å²) in [5.74, 6) is 0.708. The summed E-state index contributed by atoms with van der Waals surface area (Å²) < 4.78 is 0. The number of nitrogens with one attached hydrogen (secondary N) is 1. The van der Waals surface area contributed by atoms with Crippen molar-refractivity contribution in [2.75, 3.05) is 11.9 Å². The fourth-order valence-corrected chi connectivity index (χ4v) is 2.05. The second kappa shape index (κ2) is 4.29. The third-order valence-electron chi connectivity index (χ3n) is 3.38. The van der Waals surface area contributed by atoms with Gasteiger partial charge in [-0.2, -0.15) is 5.10 Å². The standard InChI is InChI=1S/C14H15N3O/c1-17(13-8-15-16-9-13)14(18)12-6-4-11(5-7-12)10-2-3-10/h4-10H,2-3H2,1H3,(H,15,16). The summed E-state index contributed by atoms with van der Waals surface area (Å²) in [5, 5.41) is 6.55. The molecule has 1 aromatic heterocycles. The van der Waals surface area contributed by atoms with Crippen molar-refractivity contribution in [1.29, 1.82) is 0 Å². The van der Waals surface area contributed by atoms with E-state index in [9.17, 15) is 4.79 Å². The van der Waals surface area contributed by atoms with E-state index in [1.54, 1.807) is 24.3 Å². The quantitative estimate of drug-likeness (QED) is 0.897. The Balaban J connectivity index is 1.79. The van der Waals surface area contributed by atoms with Crippen LogP contribution in [0.1, 0.15) is 34.7 Å². The number of carbonyl (C=O) groups excluding carboxylic acids is 1. The molecule has 1 aromatic carbocycles. The monoisotopic (exact) mass is 241 g/mol. The highest BCUT2D eigenvalue weighted by atomic mass is 16.2. The molecule has 92 valence electrons. The summed E-state index contributed by atoms with van der Waals surface area (Å²) in [4.78, 5) is 13.8. The summed E-state index contributed by atoms with van der Waals surface area (Å²) in [6, 6.07) is 7.95. The van der Waals surface area contributed by atoms with E-state index >= 15 is 0 Å². The molecule has 0 saturated heterocycles. The Hall–Kier alpha value is -2.10. The number of aromatic amines is 1. The predicted octanol–water partition coefficient (Wildman–Crippen LogP) is 2.56. The van der Waals surface area contributed by atoms with E-state index < -0.39 is 0 Å². The maximum atomic E-state index is 12.2. The van der Waals surface area contributed by atoms with Crippen LogP contribution in [0.5, 0.6) is 0 Å². The molecule has 0 spiro atoms. The van der Waals surface area contributed by atoms with Gasteiger partial charge in [-0.1, -0.05) is 12.1 Å². The second-order valence-corrected chi connectivity index (χ2v) is 4.72. The predicted molar refractivity (Wildman–Crippen MR) is 69.7 cm³/mol. The zero-order valence-corrected chi connectivity index (χ0v) is 10.3. The highest BCUT2D eigenvalue weighted by Crippen LogP contribution is 2.39. The van der Waals surface area contributed by atoms with Gasteiger partial charge in [-0.15, -0.1) is 0 Å². The van der Waals surface area contributed by atoms with E-state index in [-0.39, 0.29) is 5.91 Å². The number of hydrogen-bond acceptors (Lipinski definition) is 2. The molecule has 3 rings (SSSR count). The van der Waals surface area contributed by atoms with Gasteiger partial charge in [-0.25, -0.2) is 0 Å². The van der Waals surface area contributed by atoms with Gasteiger partial charge in [0.05, 0.1) is 11.9 Å². The normalized spacial score (nSPS) is 14.5. The fraction of sp³-hybridized carbons (Fsp3) is 0.286. The summed E-state index contributed by atoms with van der Waals surface area (Å²) in [5.41, 5.74) is 2.83. The Morgan fingerprint density at radius 3 is 2.61 bits per heavy atom. The number of rotatable bonds is 3. The third kappa shape index (κ3) is 2.01. The van der Waals surface area contributed by atoms with Crippen LogP contribution in [0.3, 0.4) is 0 Å². The van der Waals surface area contributed by atoms with Crippen molar-refractivity contribution in [2.45, 2.75) is 18.8 Å². The van der Waals surface area contributed by atoms with Gasteiger partial charge in [-0.05, 0) is 36.5 Å². The maximum absolute atomic E-state index is 12.2. The first-order valence-corrected chi connectivity index (χ1v) is 6.12. The minimum absolute atomic E-state index is 0.0150. The second-order valence-electron chi connectivity index (χ2n) is 4.72. The Kier molecular flexibility index (Phi) is 2.63. The number of carbonyl (C=O) groups is 1. The van der Waals surface area contributed by atoms with E-state index in [0.717, 1.165) is 11.6 Å². The van der Waals surface area contributed by atoms with Crippen molar-refractivity contribution < 1.29 is 4.79 Å². The average molecular weight is 241 g/mol. The first-order chi connectivity index (χ1) is 8.75. The smallest absolute Gasteiger partial charge is 0.258 e. The molecule has 4 heteroatoms. The van der Waals surface area contributed by atoms with Crippen LogP contribution in [0.4, 0.5) is 5.69 Å². The van der Waals surface area contributed by atoms with Crippen LogP contribution in [0.2, 0.25) is 0 Å². The van der Waals surface area contributed by atoms with E-state index in [2.05, 4.69) is 22.3 Å². The first kappa shape index (κ1) is 11.0. The molecule has 0 bridgehead atoms. The largest absolute Gasteiger partial charge is 0.309 e. The van der Waals surface area contributed by atoms with Gasteiger partial charge in [0.2, 0.25) is 0 Å². The number of benzene rings is 1. The number of anilines is 1. The van der Waals surface area contributed by atoms with Crippen molar-refractivity contribution >= 4 is 11.6 Å². The van der Waals surface area contributed by atoms with E-state index in [4.69, 9.17) is 0 Å². The lowest BCUT2D eigenvalue weighted by Crippen LogP contribution is -2.25. The van der Waals surface area contributed by atoms with Crippen molar-refractivity contribution in [1.82, 2.24) is 10.2 Å². The number of aromatic nitrogens is 2. The van der Waals surface area contributed by atoms with Crippen molar-refractivity contribution in [3.63, 3.8) is 0 Å². The molecule has 4 nitrogen and oxygen atoms in total. The summed E-state index contributed by atoms with van der Waals surface area (Å²) >= 11 is 0. The third-order valence-corrected chi connectivity index (χ3v) is 3.38. The zero-order valence-electron chi connectivity index (χ0n) is 10.3. The van der Waals surface area contributed by atoms with Gasteiger partial charge in [0, 0.05) is 18.8 Å². The average Bonchev–Trinajstić information content (AvgIpc) is 3.12. The lowest BCUT2D eigenvalue weighted by molar-refractivity contribution is 0.0993. The molecule has 1 aliphatic carbocycles. The number of hydrogen-bond donors (Lipinski definition) is 1. The first-order valence-electron chi connectivity index (χ1n) is 6.12. The summed E-state index contributed by atoms with van der Waals surface area (Å²) in [6.07, 6.45) is 5.90. The van der Waals surface area contributed by atoms with Crippen LogP contribution in [-0.2, 0) is 0 Å². The molecular formula is C14H15N3O. The molecule has 1 amide bonds.